The van der Waals surface area contributed by atoms with E-state index in [1.807, 2.05) is 13.8 Å². The lowest BCUT2D eigenvalue weighted by Crippen LogP contribution is -2.70. The minimum Gasteiger partial charge on any atom is -0.458 e. The monoisotopic (exact) mass is 384 g/mol. The zero-order valence-electron chi connectivity index (χ0n) is 17.1. The summed E-state index contributed by atoms with van der Waals surface area (Å²) in [4.78, 5) is 12.4. The van der Waals surface area contributed by atoms with E-state index in [1.165, 1.54) is 0 Å². The van der Waals surface area contributed by atoms with Crippen LogP contribution in [0.25, 0.3) is 0 Å². The van der Waals surface area contributed by atoms with E-state index in [1.54, 1.807) is 13.0 Å². The van der Waals surface area contributed by atoms with Gasteiger partial charge in [-0.15, -0.1) is 0 Å². The van der Waals surface area contributed by atoms with Crippen molar-refractivity contribution in [3.8, 4) is 0 Å². The maximum Gasteiger partial charge on any atom is 0.306 e. The number of aliphatic hydroxyl groups is 4. The van der Waals surface area contributed by atoms with Gasteiger partial charge in [-0.3, -0.25) is 4.79 Å². The van der Waals surface area contributed by atoms with Crippen molar-refractivity contribution in [1.82, 2.24) is 0 Å². The predicted octanol–water partition coefficient (Wildman–Crippen LogP) is 1.94. The fraction of sp³-hybridized carbons (Fsp3) is 0.857. The van der Waals surface area contributed by atoms with E-state index in [0.29, 0.717) is 19.3 Å². The Balaban J connectivity index is 2.46. The van der Waals surface area contributed by atoms with Crippen molar-refractivity contribution in [2.45, 2.75) is 84.0 Å². The number of hydrogen-bond acceptors (Lipinski definition) is 6. The molecule has 0 heterocycles. The molecule has 156 valence electrons. The summed E-state index contributed by atoms with van der Waals surface area (Å²) < 4.78 is 5.80. The van der Waals surface area contributed by atoms with Crippen LogP contribution in [0.4, 0.5) is 0 Å². The van der Waals surface area contributed by atoms with Crippen LogP contribution in [0.5, 0.6) is 0 Å². The highest BCUT2D eigenvalue weighted by atomic mass is 16.5. The molecule has 4 N–H and O–H groups in total. The van der Waals surface area contributed by atoms with Crippen LogP contribution >= 0.6 is 0 Å². The Morgan fingerprint density at radius 3 is 2.48 bits per heavy atom. The molecule has 0 aromatic carbocycles. The van der Waals surface area contributed by atoms with Crippen LogP contribution in [0.3, 0.4) is 0 Å². The van der Waals surface area contributed by atoms with Crippen molar-refractivity contribution in [3.63, 3.8) is 0 Å². The van der Waals surface area contributed by atoms with Crippen LogP contribution in [0, 0.1) is 16.7 Å². The molecule has 2 rings (SSSR count). The molecule has 5 atom stereocenters. The summed E-state index contributed by atoms with van der Waals surface area (Å²) in [7, 11) is 0. The van der Waals surface area contributed by atoms with Crippen LogP contribution in [0.1, 0.15) is 66.2 Å². The maximum absolute atomic E-state index is 12.4. The van der Waals surface area contributed by atoms with E-state index in [0.717, 1.165) is 19.3 Å². The smallest absolute Gasteiger partial charge is 0.306 e. The molecular formula is C21H36O6. The zero-order valence-corrected chi connectivity index (χ0v) is 17.1. The molecule has 0 spiro atoms. The molecule has 2 aliphatic carbocycles. The molecule has 0 saturated heterocycles. The normalized spacial score (nSPS) is 38.1. The van der Waals surface area contributed by atoms with Gasteiger partial charge in [-0.1, -0.05) is 40.5 Å². The van der Waals surface area contributed by atoms with Gasteiger partial charge in [0.2, 0.25) is 0 Å². The highest BCUT2D eigenvalue weighted by Gasteiger charge is 2.66. The first kappa shape index (κ1) is 22.3. The number of fused-ring (bicyclic) bond motifs is 1. The summed E-state index contributed by atoms with van der Waals surface area (Å²) in [6, 6.07) is 0. The van der Waals surface area contributed by atoms with Gasteiger partial charge >= 0.3 is 5.97 Å². The van der Waals surface area contributed by atoms with E-state index in [4.69, 9.17) is 4.74 Å². The van der Waals surface area contributed by atoms with Crippen molar-refractivity contribution in [2.75, 3.05) is 13.2 Å². The second kappa shape index (κ2) is 8.19. The predicted molar refractivity (Wildman–Crippen MR) is 102 cm³/mol. The molecule has 6 heteroatoms. The van der Waals surface area contributed by atoms with Gasteiger partial charge in [0, 0.05) is 17.8 Å². The van der Waals surface area contributed by atoms with Crippen LogP contribution in [-0.2, 0) is 9.53 Å². The van der Waals surface area contributed by atoms with Gasteiger partial charge in [-0.25, -0.2) is 0 Å². The number of esters is 1. The average Bonchev–Trinajstić information content (AvgIpc) is 2.61. The van der Waals surface area contributed by atoms with Gasteiger partial charge in [0.1, 0.15) is 11.7 Å². The van der Waals surface area contributed by atoms with Crippen LogP contribution in [-0.4, -0.2) is 57.4 Å². The molecule has 0 aromatic rings. The Morgan fingerprint density at radius 1 is 1.26 bits per heavy atom. The summed E-state index contributed by atoms with van der Waals surface area (Å²) in [6.07, 6.45) is 4.26. The molecule has 0 aromatic heterocycles. The Morgan fingerprint density at radius 2 is 1.93 bits per heavy atom. The lowest BCUT2D eigenvalue weighted by molar-refractivity contribution is -0.237. The van der Waals surface area contributed by atoms with E-state index < -0.39 is 42.4 Å². The van der Waals surface area contributed by atoms with E-state index in [2.05, 4.69) is 6.92 Å². The second-order valence-corrected chi connectivity index (χ2v) is 9.08. The van der Waals surface area contributed by atoms with Gasteiger partial charge in [-0.05, 0) is 36.3 Å². The fourth-order valence-electron chi connectivity index (χ4n) is 5.37. The summed E-state index contributed by atoms with van der Waals surface area (Å²) >= 11 is 0. The van der Waals surface area contributed by atoms with Gasteiger partial charge in [-0.2, -0.15) is 0 Å². The topological polar surface area (TPSA) is 107 Å². The highest BCUT2D eigenvalue weighted by Crippen LogP contribution is 2.61. The molecule has 0 bridgehead atoms. The molecule has 0 unspecified atom stereocenters. The van der Waals surface area contributed by atoms with E-state index in [-0.39, 0.29) is 17.0 Å². The highest BCUT2D eigenvalue weighted by molar-refractivity contribution is 5.69. The number of aliphatic hydroxyl groups excluding tert-OH is 3. The number of rotatable bonds is 7. The minimum atomic E-state index is -1.77. The second-order valence-electron chi connectivity index (χ2n) is 9.08. The first-order valence-electron chi connectivity index (χ1n) is 10.1. The summed E-state index contributed by atoms with van der Waals surface area (Å²) in [5.74, 6) is -0.703. The largest absolute Gasteiger partial charge is 0.458 e. The summed E-state index contributed by atoms with van der Waals surface area (Å²) in [5, 5.41) is 42.1. The van der Waals surface area contributed by atoms with Crippen LogP contribution in [0.2, 0.25) is 0 Å². The molecule has 0 amide bonds. The average molecular weight is 385 g/mol. The molecule has 27 heavy (non-hydrogen) atoms. The third-order valence-corrected chi connectivity index (χ3v) is 7.01. The number of ether oxygens (including phenoxy) is 1. The number of carbonyl (C=O) groups excluding carboxylic acids is 1. The first-order valence-corrected chi connectivity index (χ1v) is 10.1. The van der Waals surface area contributed by atoms with Crippen molar-refractivity contribution < 1.29 is 30.0 Å². The molecular weight excluding hydrogens is 348 g/mol. The Bertz CT molecular complexity index is 571. The molecule has 1 fully saturated rings. The SMILES string of the molecule is CCCCCC(=O)O[C@@H]1C=C(CO)[C@@](O)(CO)[C@@]2(C)[C@H](O)CCC(C)(C)[C@H]12. The number of unbranched alkanes of at least 4 members (excludes halogenated alkanes) is 2. The van der Waals surface area contributed by atoms with Crippen LogP contribution in [0.15, 0.2) is 11.6 Å². The van der Waals surface area contributed by atoms with Crippen molar-refractivity contribution >= 4 is 5.97 Å². The molecule has 0 radical (unpaired) electrons. The molecule has 6 nitrogen and oxygen atoms in total. The van der Waals surface area contributed by atoms with Gasteiger partial charge in [0.25, 0.3) is 0 Å². The number of carbonyl (C=O) groups is 1. The van der Waals surface area contributed by atoms with Crippen molar-refractivity contribution in [3.05, 3.63) is 11.6 Å². The lowest BCUT2D eigenvalue weighted by atomic mass is 9.45. The lowest BCUT2D eigenvalue weighted by Gasteiger charge is -2.63. The van der Waals surface area contributed by atoms with Crippen molar-refractivity contribution in [1.29, 1.82) is 0 Å². The first-order chi connectivity index (χ1) is 12.6. The maximum atomic E-state index is 12.4. The van der Waals surface area contributed by atoms with E-state index >= 15 is 0 Å². The Kier molecular flexibility index (Phi) is 6.78. The third kappa shape index (κ3) is 3.69. The molecule has 0 aliphatic heterocycles. The van der Waals surface area contributed by atoms with Gasteiger partial charge in [0.15, 0.2) is 0 Å². The van der Waals surface area contributed by atoms with Crippen LogP contribution < -0.4 is 0 Å². The molecule has 1 saturated carbocycles. The third-order valence-electron chi connectivity index (χ3n) is 7.01. The Hall–Kier alpha value is -0.950. The van der Waals surface area contributed by atoms with E-state index in [9.17, 15) is 25.2 Å². The summed E-state index contributed by atoms with van der Waals surface area (Å²) in [5.41, 5.74) is -3.05. The fourth-order valence-corrected chi connectivity index (χ4v) is 5.37. The minimum absolute atomic E-state index is 0.201. The van der Waals surface area contributed by atoms with Crippen molar-refractivity contribution in [2.24, 2.45) is 16.7 Å². The zero-order chi connectivity index (χ0) is 20.5. The molecule has 2 aliphatic rings. The quantitative estimate of drug-likeness (QED) is 0.304. The standard InChI is InChI=1S/C21H36O6/c1-5-6-7-8-17(25)27-15-11-14(12-22)21(26,13-23)20(4)16(24)9-10-19(2,3)18(15)20/h11,15-16,18,22-24,26H,5-10,12-13H2,1-4H3/t15-,16-,18+,20+,21+/m1/s1. The Labute approximate surface area is 162 Å². The van der Waals surface area contributed by atoms with Gasteiger partial charge < -0.3 is 25.2 Å². The number of hydrogen-bond donors (Lipinski definition) is 4. The van der Waals surface area contributed by atoms with Gasteiger partial charge in [0.05, 0.1) is 19.3 Å². The summed E-state index contributed by atoms with van der Waals surface area (Å²) in [6.45, 7) is 6.79.